The number of imidazole rings is 1. The molecule has 0 N–H and O–H groups in total. The van der Waals surface area contributed by atoms with Gasteiger partial charge in [-0.25, -0.2) is 4.98 Å². The van der Waals surface area contributed by atoms with Crippen molar-refractivity contribution in [3.8, 4) is 17.1 Å². The molecular weight excluding hydrogens is 346 g/mol. The molecule has 0 atom stereocenters. The van der Waals surface area contributed by atoms with Crippen LogP contribution in [0.25, 0.3) is 22.4 Å². The normalized spacial score (nSPS) is 15.5. The summed E-state index contributed by atoms with van der Waals surface area (Å²) in [7, 11) is 2.04. The Morgan fingerprint density at radius 2 is 1.81 bits per heavy atom. The Morgan fingerprint density at radius 1 is 1.04 bits per heavy atom. The van der Waals surface area contributed by atoms with E-state index in [1.807, 2.05) is 43.4 Å². The van der Waals surface area contributed by atoms with Gasteiger partial charge in [0.2, 0.25) is 0 Å². The average Bonchev–Trinajstić information content (AvgIpc) is 2.99. The lowest BCUT2D eigenvalue weighted by Crippen LogP contribution is -2.33. The van der Waals surface area contributed by atoms with Crippen LogP contribution >= 0.6 is 11.6 Å². The third-order valence-electron chi connectivity index (χ3n) is 5.08. The van der Waals surface area contributed by atoms with Crippen LogP contribution in [0.1, 0.15) is 19.3 Å². The van der Waals surface area contributed by atoms with E-state index in [9.17, 15) is 0 Å². The van der Waals surface area contributed by atoms with Gasteiger partial charge in [-0.3, -0.25) is 4.90 Å². The molecule has 0 unspecified atom stereocenters. The summed E-state index contributed by atoms with van der Waals surface area (Å²) in [5, 5.41) is 0.733. The number of nitrogens with zero attached hydrogens (tertiary/aromatic N) is 3. The van der Waals surface area contributed by atoms with Crippen molar-refractivity contribution in [3.63, 3.8) is 0 Å². The summed E-state index contributed by atoms with van der Waals surface area (Å²) in [6.07, 6.45) is 3.99. The van der Waals surface area contributed by atoms with Crippen LogP contribution in [0.5, 0.6) is 5.75 Å². The summed E-state index contributed by atoms with van der Waals surface area (Å²) in [5.74, 6) is 1.82. The van der Waals surface area contributed by atoms with Crippen molar-refractivity contribution < 1.29 is 4.74 Å². The van der Waals surface area contributed by atoms with Crippen molar-refractivity contribution >= 4 is 22.6 Å². The summed E-state index contributed by atoms with van der Waals surface area (Å²) < 4.78 is 8.09. The van der Waals surface area contributed by atoms with E-state index in [0.717, 1.165) is 46.3 Å². The maximum atomic E-state index is 6.00. The van der Waals surface area contributed by atoms with Gasteiger partial charge in [0.25, 0.3) is 0 Å². The molecular formula is C21H24ClN3O. The van der Waals surface area contributed by atoms with E-state index in [-0.39, 0.29) is 0 Å². The minimum Gasteiger partial charge on any atom is -0.492 e. The Kier molecular flexibility index (Phi) is 5.14. The summed E-state index contributed by atoms with van der Waals surface area (Å²) >= 11 is 6.00. The predicted octanol–water partition coefficient (Wildman–Crippen LogP) is 4.76. The Balaban J connectivity index is 1.49. The molecule has 4 rings (SSSR count). The number of halogens is 1. The van der Waals surface area contributed by atoms with Gasteiger partial charge in [-0.1, -0.05) is 18.0 Å². The number of fused-ring (bicyclic) bond motifs is 1. The maximum absolute atomic E-state index is 6.00. The van der Waals surface area contributed by atoms with Gasteiger partial charge in [0.05, 0.1) is 11.0 Å². The van der Waals surface area contributed by atoms with Gasteiger partial charge in [-0.15, -0.1) is 0 Å². The molecule has 1 aliphatic heterocycles. The topological polar surface area (TPSA) is 30.3 Å². The summed E-state index contributed by atoms with van der Waals surface area (Å²) in [6.45, 7) is 4.12. The molecule has 0 aliphatic carbocycles. The number of likely N-dealkylation sites (tertiary alicyclic amines) is 1. The van der Waals surface area contributed by atoms with Crippen LogP contribution in [0.15, 0.2) is 42.5 Å². The first kappa shape index (κ1) is 17.4. The van der Waals surface area contributed by atoms with E-state index in [1.165, 1.54) is 32.4 Å². The van der Waals surface area contributed by atoms with Crippen LogP contribution in [-0.4, -0.2) is 40.7 Å². The number of rotatable bonds is 5. The molecule has 0 radical (unpaired) electrons. The molecule has 2 aromatic carbocycles. The molecule has 2 heterocycles. The maximum Gasteiger partial charge on any atom is 0.140 e. The first-order valence-electron chi connectivity index (χ1n) is 9.28. The van der Waals surface area contributed by atoms with Gasteiger partial charge >= 0.3 is 0 Å². The monoisotopic (exact) mass is 369 g/mol. The lowest BCUT2D eigenvalue weighted by molar-refractivity contribution is 0.183. The molecule has 5 heteroatoms. The number of piperidine rings is 1. The summed E-state index contributed by atoms with van der Waals surface area (Å²) in [5.41, 5.74) is 3.10. The zero-order chi connectivity index (χ0) is 17.9. The third-order valence-corrected chi connectivity index (χ3v) is 5.33. The molecule has 0 amide bonds. The Morgan fingerprint density at radius 3 is 2.58 bits per heavy atom. The summed E-state index contributed by atoms with van der Waals surface area (Å²) in [6, 6.07) is 13.9. The first-order chi connectivity index (χ1) is 12.7. The van der Waals surface area contributed by atoms with Crippen LogP contribution in [-0.2, 0) is 7.05 Å². The van der Waals surface area contributed by atoms with Crippen LogP contribution in [0.4, 0.5) is 0 Å². The van der Waals surface area contributed by atoms with E-state index < -0.39 is 0 Å². The Labute approximate surface area is 159 Å². The smallest absolute Gasteiger partial charge is 0.140 e. The fourth-order valence-electron chi connectivity index (χ4n) is 3.60. The minimum atomic E-state index is 0.725. The standard InChI is InChI=1S/C21H24ClN3O/c1-24-20-10-9-18(26-14-13-25-11-3-2-4-12-25)15-19(20)23-21(24)16-5-7-17(22)8-6-16/h5-10,15H,2-4,11-14H2,1H3. The molecule has 0 bridgehead atoms. The molecule has 3 aromatic rings. The van der Waals surface area contributed by atoms with Gasteiger partial charge in [-0.2, -0.15) is 0 Å². The van der Waals surface area contributed by atoms with Crippen LogP contribution in [0, 0.1) is 0 Å². The van der Waals surface area contributed by atoms with Crippen molar-refractivity contribution in [2.24, 2.45) is 7.05 Å². The number of aromatic nitrogens is 2. The van der Waals surface area contributed by atoms with Gasteiger partial charge < -0.3 is 9.30 Å². The van der Waals surface area contributed by atoms with E-state index >= 15 is 0 Å². The van der Waals surface area contributed by atoms with Gasteiger partial charge in [-0.05, 0) is 62.3 Å². The molecule has 0 spiro atoms. The summed E-state index contributed by atoms with van der Waals surface area (Å²) in [4.78, 5) is 7.29. The first-order valence-corrected chi connectivity index (χ1v) is 9.66. The van der Waals surface area contributed by atoms with E-state index in [2.05, 4.69) is 15.5 Å². The predicted molar refractivity (Wildman–Crippen MR) is 107 cm³/mol. The van der Waals surface area contributed by atoms with Gasteiger partial charge in [0, 0.05) is 30.2 Å². The second-order valence-corrected chi connectivity index (χ2v) is 7.34. The van der Waals surface area contributed by atoms with Crippen molar-refractivity contribution in [1.29, 1.82) is 0 Å². The van der Waals surface area contributed by atoms with Crippen LogP contribution in [0.2, 0.25) is 5.02 Å². The average molecular weight is 370 g/mol. The lowest BCUT2D eigenvalue weighted by Gasteiger charge is -2.26. The molecule has 1 saturated heterocycles. The van der Waals surface area contributed by atoms with Crippen LogP contribution in [0.3, 0.4) is 0 Å². The number of benzene rings is 2. The highest BCUT2D eigenvalue weighted by molar-refractivity contribution is 6.30. The fourth-order valence-corrected chi connectivity index (χ4v) is 3.73. The molecule has 0 saturated carbocycles. The third kappa shape index (κ3) is 3.71. The van der Waals surface area contributed by atoms with Crippen molar-refractivity contribution in [3.05, 3.63) is 47.5 Å². The Bertz CT molecular complexity index is 882. The molecule has 1 aliphatic rings. The molecule has 1 fully saturated rings. The number of hydrogen-bond acceptors (Lipinski definition) is 3. The van der Waals surface area contributed by atoms with Gasteiger partial charge in [0.1, 0.15) is 18.2 Å². The number of ether oxygens (including phenoxy) is 1. The Hall–Kier alpha value is -2.04. The number of hydrogen-bond donors (Lipinski definition) is 0. The molecule has 1 aromatic heterocycles. The molecule has 4 nitrogen and oxygen atoms in total. The highest BCUT2D eigenvalue weighted by Crippen LogP contribution is 2.27. The number of aryl methyl sites for hydroxylation is 1. The second-order valence-electron chi connectivity index (χ2n) is 6.90. The second kappa shape index (κ2) is 7.68. The van der Waals surface area contributed by atoms with E-state index in [4.69, 9.17) is 21.3 Å². The van der Waals surface area contributed by atoms with Crippen molar-refractivity contribution in [2.45, 2.75) is 19.3 Å². The SMILES string of the molecule is Cn1c(-c2ccc(Cl)cc2)nc2cc(OCCN3CCCCC3)ccc21. The van der Waals surface area contributed by atoms with E-state index in [0.29, 0.717) is 0 Å². The highest BCUT2D eigenvalue weighted by Gasteiger charge is 2.12. The van der Waals surface area contributed by atoms with Crippen molar-refractivity contribution in [2.75, 3.05) is 26.2 Å². The molecule has 26 heavy (non-hydrogen) atoms. The zero-order valence-electron chi connectivity index (χ0n) is 15.1. The quantitative estimate of drug-likeness (QED) is 0.649. The van der Waals surface area contributed by atoms with Crippen LogP contribution < -0.4 is 4.74 Å². The minimum absolute atomic E-state index is 0.725. The molecule has 136 valence electrons. The lowest BCUT2D eigenvalue weighted by atomic mass is 10.1. The highest BCUT2D eigenvalue weighted by atomic mass is 35.5. The van der Waals surface area contributed by atoms with E-state index in [1.54, 1.807) is 0 Å². The van der Waals surface area contributed by atoms with Crippen molar-refractivity contribution in [1.82, 2.24) is 14.5 Å². The largest absolute Gasteiger partial charge is 0.492 e. The van der Waals surface area contributed by atoms with Gasteiger partial charge in [0.15, 0.2) is 0 Å². The fraction of sp³-hybridized carbons (Fsp3) is 0.381. The zero-order valence-corrected chi connectivity index (χ0v) is 15.9.